The molecule has 0 unspecified atom stereocenters. The number of ether oxygens (including phenoxy) is 3. The lowest BCUT2D eigenvalue weighted by Gasteiger charge is -2.23. The SMILES string of the molecule is C=Nc1cc(-c2ccc3c(c2)OCCO3)ccc1OCNC1CCCCC1. The molecule has 1 aliphatic carbocycles. The summed E-state index contributed by atoms with van der Waals surface area (Å²) in [6.07, 6.45) is 6.44. The molecule has 4 rings (SSSR count). The molecule has 0 saturated heterocycles. The van der Waals surface area contributed by atoms with Gasteiger partial charge in [-0.05, 0) is 55.0 Å². The number of hydrogen-bond donors (Lipinski definition) is 1. The second kappa shape index (κ2) is 8.44. The molecule has 0 atom stereocenters. The fourth-order valence-electron chi connectivity index (χ4n) is 3.71. The predicted octanol–water partition coefficient (Wildman–Crippen LogP) is 4.72. The molecular formula is C22H26N2O3. The van der Waals surface area contributed by atoms with Crippen molar-refractivity contribution in [3.8, 4) is 28.4 Å². The molecule has 1 heterocycles. The molecule has 1 fully saturated rings. The van der Waals surface area contributed by atoms with Gasteiger partial charge in [0.05, 0.1) is 0 Å². The van der Waals surface area contributed by atoms with Gasteiger partial charge in [-0.25, -0.2) is 0 Å². The highest BCUT2D eigenvalue weighted by Gasteiger charge is 2.15. The summed E-state index contributed by atoms with van der Waals surface area (Å²) in [7, 11) is 0. The second-order valence-electron chi connectivity index (χ2n) is 7.03. The topological polar surface area (TPSA) is 52.1 Å². The van der Waals surface area contributed by atoms with Crippen LogP contribution in [0.5, 0.6) is 17.2 Å². The summed E-state index contributed by atoms with van der Waals surface area (Å²) in [5.74, 6) is 2.32. The number of rotatable bonds is 6. The minimum Gasteiger partial charge on any atom is -0.486 e. The molecule has 5 heteroatoms. The fourth-order valence-corrected chi connectivity index (χ4v) is 3.71. The Morgan fingerprint density at radius 2 is 1.70 bits per heavy atom. The molecule has 2 aromatic carbocycles. The maximum absolute atomic E-state index is 5.92. The van der Waals surface area contributed by atoms with Crippen molar-refractivity contribution < 1.29 is 14.2 Å². The van der Waals surface area contributed by atoms with Gasteiger partial charge in [0.2, 0.25) is 0 Å². The zero-order valence-corrected chi connectivity index (χ0v) is 15.6. The van der Waals surface area contributed by atoms with E-state index in [0.717, 1.165) is 34.1 Å². The van der Waals surface area contributed by atoms with Crippen LogP contribution in [0, 0.1) is 0 Å². The summed E-state index contributed by atoms with van der Waals surface area (Å²) < 4.78 is 17.2. The summed E-state index contributed by atoms with van der Waals surface area (Å²) in [6, 6.07) is 12.5. The van der Waals surface area contributed by atoms with Crippen molar-refractivity contribution in [1.82, 2.24) is 5.32 Å². The monoisotopic (exact) mass is 366 g/mol. The number of nitrogens with one attached hydrogen (secondary N) is 1. The Balaban J connectivity index is 1.45. The van der Waals surface area contributed by atoms with E-state index < -0.39 is 0 Å². The van der Waals surface area contributed by atoms with Crippen LogP contribution in [0.2, 0.25) is 0 Å². The third-order valence-electron chi connectivity index (χ3n) is 5.21. The summed E-state index contributed by atoms with van der Waals surface area (Å²) in [5, 5.41) is 3.49. The van der Waals surface area contributed by atoms with E-state index in [0.29, 0.717) is 26.0 Å². The highest BCUT2D eigenvalue weighted by Crippen LogP contribution is 2.37. The lowest BCUT2D eigenvalue weighted by molar-refractivity contribution is 0.171. The van der Waals surface area contributed by atoms with Crippen LogP contribution in [0.4, 0.5) is 5.69 Å². The largest absolute Gasteiger partial charge is 0.486 e. The van der Waals surface area contributed by atoms with Gasteiger partial charge in [0.15, 0.2) is 11.5 Å². The quantitative estimate of drug-likeness (QED) is 0.594. The normalized spacial score (nSPS) is 16.7. The van der Waals surface area contributed by atoms with E-state index in [1.165, 1.54) is 32.1 Å². The van der Waals surface area contributed by atoms with Gasteiger partial charge in [0.1, 0.15) is 31.4 Å². The molecule has 0 bridgehead atoms. The van der Waals surface area contributed by atoms with E-state index in [1.54, 1.807) is 0 Å². The van der Waals surface area contributed by atoms with E-state index in [9.17, 15) is 0 Å². The Labute approximate surface area is 160 Å². The lowest BCUT2D eigenvalue weighted by atomic mass is 9.96. The van der Waals surface area contributed by atoms with Gasteiger partial charge in [0, 0.05) is 6.04 Å². The molecule has 5 nitrogen and oxygen atoms in total. The van der Waals surface area contributed by atoms with E-state index >= 15 is 0 Å². The first-order valence-corrected chi connectivity index (χ1v) is 9.70. The summed E-state index contributed by atoms with van der Waals surface area (Å²) in [6.45, 7) is 5.37. The predicted molar refractivity (Wildman–Crippen MR) is 108 cm³/mol. The minimum absolute atomic E-state index is 0.497. The van der Waals surface area contributed by atoms with Gasteiger partial charge < -0.3 is 14.2 Å². The number of hydrogen-bond acceptors (Lipinski definition) is 5. The van der Waals surface area contributed by atoms with Crippen molar-refractivity contribution in [3.05, 3.63) is 36.4 Å². The molecule has 2 aromatic rings. The fraction of sp³-hybridized carbons (Fsp3) is 0.409. The van der Waals surface area contributed by atoms with Crippen molar-refractivity contribution in [2.75, 3.05) is 19.9 Å². The number of aliphatic imine (C=N–C) groups is 1. The summed E-state index contributed by atoms with van der Waals surface area (Å²) >= 11 is 0. The lowest BCUT2D eigenvalue weighted by Crippen LogP contribution is -2.33. The maximum atomic E-state index is 5.92. The van der Waals surface area contributed by atoms with Crippen molar-refractivity contribution in [2.24, 2.45) is 4.99 Å². The highest BCUT2D eigenvalue weighted by molar-refractivity contribution is 5.73. The van der Waals surface area contributed by atoms with Crippen molar-refractivity contribution in [3.63, 3.8) is 0 Å². The molecule has 1 aliphatic heterocycles. The molecule has 0 spiro atoms. The number of fused-ring (bicyclic) bond motifs is 1. The standard InChI is InChI=1S/C22H26N2O3/c1-23-19-13-16(17-8-10-21-22(14-17)26-12-11-25-21)7-9-20(19)27-15-24-18-5-3-2-4-6-18/h7-10,13-14,18,24H,1-6,11-12,15H2. The van der Waals surface area contributed by atoms with Crippen LogP contribution in [0.1, 0.15) is 32.1 Å². The second-order valence-corrected chi connectivity index (χ2v) is 7.03. The van der Waals surface area contributed by atoms with Gasteiger partial charge in [-0.3, -0.25) is 10.3 Å². The van der Waals surface area contributed by atoms with Crippen LogP contribution in [0.25, 0.3) is 11.1 Å². The Morgan fingerprint density at radius 3 is 2.52 bits per heavy atom. The third-order valence-corrected chi connectivity index (χ3v) is 5.21. The Bertz CT molecular complexity index is 800. The molecule has 1 saturated carbocycles. The molecule has 0 aromatic heterocycles. The van der Waals surface area contributed by atoms with E-state index in [4.69, 9.17) is 14.2 Å². The Morgan fingerprint density at radius 1 is 0.963 bits per heavy atom. The molecule has 142 valence electrons. The zero-order valence-electron chi connectivity index (χ0n) is 15.6. The summed E-state index contributed by atoms with van der Waals surface area (Å²) in [5.41, 5.74) is 2.84. The first-order chi connectivity index (χ1) is 13.3. The molecule has 0 amide bonds. The van der Waals surface area contributed by atoms with Gasteiger partial charge in [-0.1, -0.05) is 31.4 Å². The molecule has 1 N–H and O–H groups in total. The molecule has 27 heavy (non-hydrogen) atoms. The highest BCUT2D eigenvalue weighted by atomic mass is 16.6. The number of benzene rings is 2. The minimum atomic E-state index is 0.497. The van der Waals surface area contributed by atoms with Gasteiger partial charge in [-0.2, -0.15) is 0 Å². The van der Waals surface area contributed by atoms with E-state index in [-0.39, 0.29) is 0 Å². The Hall–Kier alpha value is -2.53. The molecular weight excluding hydrogens is 340 g/mol. The Kier molecular flexibility index (Phi) is 5.58. The van der Waals surface area contributed by atoms with E-state index in [2.05, 4.69) is 17.0 Å². The van der Waals surface area contributed by atoms with Crippen molar-refractivity contribution in [1.29, 1.82) is 0 Å². The number of nitrogens with zero attached hydrogens (tertiary/aromatic N) is 1. The van der Waals surface area contributed by atoms with Crippen molar-refractivity contribution >= 4 is 12.4 Å². The van der Waals surface area contributed by atoms with Crippen LogP contribution >= 0.6 is 0 Å². The van der Waals surface area contributed by atoms with Crippen molar-refractivity contribution in [2.45, 2.75) is 38.1 Å². The van der Waals surface area contributed by atoms with Crippen LogP contribution in [-0.2, 0) is 0 Å². The average molecular weight is 366 g/mol. The first kappa shape index (κ1) is 17.9. The van der Waals surface area contributed by atoms with Gasteiger partial charge in [0.25, 0.3) is 0 Å². The smallest absolute Gasteiger partial charge is 0.161 e. The average Bonchev–Trinajstić information content (AvgIpc) is 2.74. The zero-order chi connectivity index (χ0) is 18.5. The van der Waals surface area contributed by atoms with Crippen LogP contribution in [0.15, 0.2) is 41.4 Å². The maximum Gasteiger partial charge on any atom is 0.161 e. The summed E-state index contributed by atoms with van der Waals surface area (Å²) in [4.78, 5) is 4.15. The van der Waals surface area contributed by atoms with E-state index in [1.807, 2.05) is 36.4 Å². The first-order valence-electron chi connectivity index (χ1n) is 9.70. The van der Waals surface area contributed by atoms with Gasteiger partial charge in [-0.15, -0.1) is 0 Å². The third kappa shape index (κ3) is 4.25. The van der Waals surface area contributed by atoms with Crippen LogP contribution in [0.3, 0.4) is 0 Å². The van der Waals surface area contributed by atoms with Crippen LogP contribution in [-0.4, -0.2) is 32.7 Å². The van der Waals surface area contributed by atoms with Gasteiger partial charge >= 0.3 is 0 Å². The molecule has 2 aliphatic rings. The van der Waals surface area contributed by atoms with Crippen LogP contribution < -0.4 is 19.5 Å². The molecule has 0 radical (unpaired) electrons.